The molecule has 5 nitrogen and oxygen atoms in total. The van der Waals surface area contributed by atoms with Crippen LogP contribution in [0.5, 0.6) is 0 Å². The van der Waals surface area contributed by atoms with Crippen molar-refractivity contribution in [2.75, 3.05) is 18.4 Å². The van der Waals surface area contributed by atoms with Gasteiger partial charge in [0.1, 0.15) is 11.6 Å². The molecule has 0 atom stereocenters. The molecule has 0 aliphatic heterocycles. The number of nitrogens with one attached hydrogen (secondary N) is 3. The first kappa shape index (κ1) is 22.8. The van der Waals surface area contributed by atoms with Crippen LogP contribution in [-0.2, 0) is 11.3 Å². The van der Waals surface area contributed by atoms with Crippen LogP contribution in [0.2, 0.25) is 0 Å². The second-order valence-electron chi connectivity index (χ2n) is 5.69. The first-order chi connectivity index (χ1) is 12.5. The third kappa shape index (κ3) is 7.90. The molecular formula is C19H23F2IN4O. The van der Waals surface area contributed by atoms with Gasteiger partial charge in [0.05, 0.1) is 13.1 Å². The molecule has 0 spiro atoms. The minimum absolute atomic E-state index is 0. The van der Waals surface area contributed by atoms with Gasteiger partial charge in [-0.05, 0) is 55.3 Å². The van der Waals surface area contributed by atoms with E-state index in [1.54, 1.807) is 13.0 Å². The molecule has 0 heterocycles. The number of halogens is 3. The average Bonchev–Trinajstić information content (AvgIpc) is 2.62. The van der Waals surface area contributed by atoms with E-state index in [1.807, 2.05) is 13.0 Å². The lowest BCUT2D eigenvalue weighted by molar-refractivity contribution is -0.115. The van der Waals surface area contributed by atoms with Crippen molar-refractivity contribution in [1.29, 1.82) is 0 Å². The minimum Gasteiger partial charge on any atom is -0.357 e. The predicted molar refractivity (Wildman–Crippen MR) is 114 cm³/mol. The summed E-state index contributed by atoms with van der Waals surface area (Å²) in [4.78, 5) is 16.3. The van der Waals surface area contributed by atoms with Gasteiger partial charge in [-0.1, -0.05) is 12.1 Å². The highest BCUT2D eigenvalue weighted by Gasteiger charge is 2.05. The number of benzene rings is 2. The average molecular weight is 488 g/mol. The van der Waals surface area contributed by atoms with Gasteiger partial charge in [-0.25, -0.2) is 13.8 Å². The maximum Gasteiger partial charge on any atom is 0.243 e. The Kier molecular flexibility index (Phi) is 9.70. The van der Waals surface area contributed by atoms with Gasteiger partial charge in [-0.15, -0.1) is 24.0 Å². The van der Waals surface area contributed by atoms with Crippen molar-refractivity contribution in [3.63, 3.8) is 0 Å². The van der Waals surface area contributed by atoms with Crippen LogP contribution in [0.3, 0.4) is 0 Å². The van der Waals surface area contributed by atoms with Crippen LogP contribution in [-0.4, -0.2) is 25.0 Å². The zero-order valence-corrected chi connectivity index (χ0v) is 17.5. The molecule has 0 bridgehead atoms. The van der Waals surface area contributed by atoms with Gasteiger partial charge < -0.3 is 16.0 Å². The number of guanidine groups is 1. The molecule has 0 aromatic heterocycles. The van der Waals surface area contributed by atoms with Crippen LogP contribution in [0.4, 0.5) is 14.5 Å². The van der Waals surface area contributed by atoms with Crippen LogP contribution in [0.15, 0.2) is 47.5 Å². The number of aryl methyl sites for hydroxylation is 1. The van der Waals surface area contributed by atoms with E-state index in [4.69, 9.17) is 0 Å². The second-order valence-corrected chi connectivity index (χ2v) is 5.69. The van der Waals surface area contributed by atoms with Crippen molar-refractivity contribution < 1.29 is 13.6 Å². The smallest absolute Gasteiger partial charge is 0.243 e. The molecule has 146 valence electrons. The van der Waals surface area contributed by atoms with Crippen LogP contribution >= 0.6 is 24.0 Å². The largest absolute Gasteiger partial charge is 0.357 e. The Morgan fingerprint density at radius 3 is 2.41 bits per heavy atom. The van der Waals surface area contributed by atoms with Crippen molar-refractivity contribution in [2.45, 2.75) is 20.4 Å². The number of nitrogens with zero attached hydrogens (tertiary/aromatic N) is 1. The molecule has 0 unspecified atom stereocenters. The molecule has 0 saturated heterocycles. The van der Waals surface area contributed by atoms with Crippen LogP contribution in [0, 0.1) is 18.6 Å². The standard InChI is InChI=1S/C19H22F2N4O.HI/c1-3-22-19(23-11-14-5-4-13(2)17(21)10-14)24-12-18(26)25-16-8-6-15(20)7-9-16;/h4-10H,3,11-12H2,1-2H3,(H,25,26)(H2,22,23,24);1H. The highest BCUT2D eigenvalue weighted by Crippen LogP contribution is 2.10. The number of carbonyl (C=O) groups excluding carboxylic acids is 1. The zero-order chi connectivity index (χ0) is 18.9. The van der Waals surface area contributed by atoms with E-state index in [0.717, 1.165) is 5.56 Å². The summed E-state index contributed by atoms with van der Waals surface area (Å²) < 4.78 is 26.4. The maximum atomic E-state index is 13.6. The van der Waals surface area contributed by atoms with Gasteiger partial charge in [-0.3, -0.25) is 4.79 Å². The summed E-state index contributed by atoms with van der Waals surface area (Å²) in [6, 6.07) is 10.5. The van der Waals surface area contributed by atoms with Gasteiger partial charge in [0.25, 0.3) is 0 Å². The summed E-state index contributed by atoms with van der Waals surface area (Å²) in [5.41, 5.74) is 1.83. The molecule has 0 aliphatic carbocycles. The number of hydrogen-bond acceptors (Lipinski definition) is 2. The van der Waals surface area contributed by atoms with E-state index in [-0.39, 0.29) is 54.6 Å². The monoisotopic (exact) mass is 488 g/mol. The topological polar surface area (TPSA) is 65.5 Å². The lowest BCUT2D eigenvalue weighted by Crippen LogP contribution is -2.41. The van der Waals surface area contributed by atoms with Gasteiger partial charge in [-0.2, -0.15) is 0 Å². The highest BCUT2D eigenvalue weighted by molar-refractivity contribution is 14.0. The Bertz CT molecular complexity index is 782. The van der Waals surface area contributed by atoms with Crippen molar-refractivity contribution in [3.8, 4) is 0 Å². The number of aliphatic imine (C=N–C) groups is 1. The minimum atomic E-state index is -0.366. The Labute approximate surface area is 174 Å². The summed E-state index contributed by atoms with van der Waals surface area (Å²) in [6.07, 6.45) is 0. The molecule has 0 radical (unpaired) electrons. The molecule has 2 aromatic rings. The van der Waals surface area contributed by atoms with Crippen molar-refractivity contribution in [3.05, 3.63) is 65.2 Å². The number of carbonyl (C=O) groups is 1. The van der Waals surface area contributed by atoms with E-state index in [9.17, 15) is 13.6 Å². The Morgan fingerprint density at radius 1 is 1.07 bits per heavy atom. The van der Waals surface area contributed by atoms with Crippen LogP contribution in [0.1, 0.15) is 18.1 Å². The van der Waals surface area contributed by atoms with E-state index >= 15 is 0 Å². The van der Waals surface area contributed by atoms with Gasteiger partial charge in [0, 0.05) is 12.2 Å². The van der Waals surface area contributed by atoms with Crippen molar-refractivity contribution in [2.24, 2.45) is 4.99 Å². The first-order valence-corrected chi connectivity index (χ1v) is 8.30. The molecule has 0 fully saturated rings. The summed E-state index contributed by atoms with van der Waals surface area (Å²) in [5.74, 6) is -0.476. The van der Waals surface area contributed by atoms with Gasteiger partial charge in [0.2, 0.25) is 5.91 Å². The number of rotatable bonds is 6. The Balaban J connectivity index is 0.00000364. The lowest BCUT2D eigenvalue weighted by atomic mass is 10.1. The molecule has 2 aromatic carbocycles. The molecule has 0 saturated carbocycles. The zero-order valence-electron chi connectivity index (χ0n) is 15.2. The maximum absolute atomic E-state index is 13.6. The highest BCUT2D eigenvalue weighted by atomic mass is 127. The lowest BCUT2D eigenvalue weighted by Gasteiger charge is -2.11. The summed E-state index contributed by atoms with van der Waals surface area (Å²) in [6.45, 7) is 4.50. The fourth-order valence-corrected chi connectivity index (χ4v) is 2.15. The fraction of sp³-hybridized carbons (Fsp3) is 0.263. The quantitative estimate of drug-likeness (QED) is 0.331. The van der Waals surface area contributed by atoms with E-state index in [0.29, 0.717) is 23.8 Å². The van der Waals surface area contributed by atoms with E-state index in [2.05, 4.69) is 20.9 Å². The third-order valence-corrected chi connectivity index (χ3v) is 3.54. The fourth-order valence-electron chi connectivity index (χ4n) is 2.15. The normalized spacial score (nSPS) is 10.7. The number of anilines is 1. The second kappa shape index (κ2) is 11.5. The summed E-state index contributed by atoms with van der Waals surface area (Å²) in [7, 11) is 0. The Hall–Kier alpha value is -2.23. The SMILES string of the molecule is CCNC(=NCc1ccc(C)c(F)c1)NCC(=O)Nc1ccc(F)cc1.I. The number of hydrogen-bond donors (Lipinski definition) is 3. The number of amides is 1. The van der Waals surface area contributed by atoms with Crippen LogP contribution < -0.4 is 16.0 Å². The molecular weight excluding hydrogens is 465 g/mol. The van der Waals surface area contributed by atoms with Gasteiger partial charge in [0.15, 0.2) is 5.96 Å². The molecule has 3 N–H and O–H groups in total. The first-order valence-electron chi connectivity index (χ1n) is 8.30. The molecule has 27 heavy (non-hydrogen) atoms. The van der Waals surface area contributed by atoms with E-state index in [1.165, 1.54) is 30.3 Å². The predicted octanol–water partition coefficient (Wildman–Crippen LogP) is 3.59. The van der Waals surface area contributed by atoms with Gasteiger partial charge >= 0.3 is 0 Å². The molecule has 8 heteroatoms. The van der Waals surface area contributed by atoms with Crippen LogP contribution in [0.25, 0.3) is 0 Å². The Morgan fingerprint density at radius 2 is 1.78 bits per heavy atom. The molecule has 0 aliphatic rings. The molecule has 1 amide bonds. The summed E-state index contributed by atoms with van der Waals surface area (Å²) >= 11 is 0. The van der Waals surface area contributed by atoms with Crippen molar-refractivity contribution in [1.82, 2.24) is 10.6 Å². The third-order valence-electron chi connectivity index (χ3n) is 3.54. The summed E-state index contributed by atoms with van der Waals surface area (Å²) in [5, 5.41) is 8.58. The van der Waals surface area contributed by atoms with E-state index < -0.39 is 0 Å². The van der Waals surface area contributed by atoms with Crippen molar-refractivity contribution >= 4 is 41.5 Å². The molecule has 2 rings (SSSR count).